The van der Waals surface area contributed by atoms with Crippen LogP contribution in [0.3, 0.4) is 0 Å². The normalized spacial score (nSPS) is 12.4. The Balaban J connectivity index is 2.43. The van der Waals surface area contributed by atoms with E-state index in [1.807, 2.05) is 26.8 Å². The van der Waals surface area contributed by atoms with Gasteiger partial charge in [-0.15, -0.1) is 0 Å². The molecule has 1 unspecified atom stereocenters. The molecule has 1 atom stereocenters. The Morgan fingerprint density at radius 3 is 2.55 bits per heavy atom. The Hall–Kier alpha value is -1.59. The van der Waals surface area contributed by atoms with Gasteiger partial charge >= 0.3 is 0 Å². The minimum Gasteiger partial charge on any atom is -0.398 e. The van der Waals surface area contributed by atoms with E-state index in [9.17, 15) is 4.79 Å². The van der Waals surface area contributed by atoms with Gasteiger partial charge in [-0.3, -0.25) is 4.79 Å². The van der Waals surface area contributed by atoms with Gasteiger partial charge in [0.05, 0.1) is 19.3 Å². The highest BCUT2D eigenvalue weighted by Crippen LogP contribution is 2.20. The van der Waals surface area contributed by atoms with E-state index in [1.54, 1.807) is 19.1 Å². The molecule has 1 amide bonds. The van der Waals surface area contributed by atoms with Crippen LogP contribution in [0.25, 0.3) is 0 Å². The van der Waals surface area contributed by atoms with Crippen molar-refractivity contribution in [3.05, 3.63) is 23.8 Å². The van der Waals surface area contributed by atoms with E-state index in [4.69, 9.17) is 15.2 Å². The summed E-state index contributed by atoms with van der Waals surface area (Å²) in [5.74, 6) is -0.191. The number of amides is 1. The molecule has 0 fully saturated rings. The van der Waals surface area contributed by atoms with Crippen LogP contribution in [0.5, 0.6) is 0 Å². The number of anilines is 2. The number of carbonyl (C=O) groups excluding carboxylic acids is 1. The third kappa shape index (κ3) is 5.19. The molecule has 0 heterocycles. The average Bonchev–Trinajstić information content (AvgIpc) is 2.39. The summed E-state index contributed by atoms with van der Waals surface area (Å²) in [6, 6.07) is 5.42. The number of nitrogen functional groups attached to an aromatic ring is 1. The zero-order valence-corrected chi connectivity index (χ0v) is 12.6. The Labute approximate surface area is 120 Å². The van der Waals surface area contributed by atoms with Gasteiger partial charge in [-0.2, -0.15) is 0 Å². The molecule has 0 saturated heterocycles. The highest BCUT2D eigenvalue weighted by molar-refractivity contribution is 5.95. The van der Waals surface area contributed by atoms with Crippen molar-refractivity contribution in [2.45, 2.75) is 39.9 Å². The third-order valence-corrected chi connectivity index (χ3v) is 2.91. The van der Waals surface area contributed by atoms with Crippen molar-refractivity contribution in [1.29, 1.82) is 0 Å². The summed E-state index contributed by atoms with van der Waals surface area (Å²) in [6.07, 6.45) is -0.371. The molecule has 1 aromatic rings. The molecule has 5 nitrogen and oxygen atoms in total. The number of hydrogen-bond acceptors (Lipinski definition) is 4. The monoisotopic (exact) mass is 280 g/mol. The summed E-state index contributed by atoms with van der Waals surface area (Å²) in [4.78, 5) is 12.0. The van der Waals surface area contributed by atoms with E-state index >= 15 is 0 Å². The molecule has 1 rings (SSSR count). The number of ether oxygens (including phenoxy) is 2. The molecular formula is C15H24N2O3. The van der Waals surface area contributed by atoms with Crippen molar-refractivity contribution in [3.8, 4) is 0 Å². The van der Waals surface area contributed by atoms with Crippen LogP contribution in [0.4, 0.5) is 11.4 Å². The average molecular weight is 280 g/mol. The molecule has 0 aromatic heterocycles. The lowest BCUT2D eigenvalue weighted by atomic mass is 10.1. The predicted molar refractivity (Wildman–Crippen MR) is 80.7 cm³/mol. The zero-order chi connectivity index (χ0) is 15.1. The zero-order valence-electron chi connectivity index (χ0n) is 12.6. The van der Waals surface area contributed by atoms with Gasteiger partial charge in [-0.25, -0.2) is 0 Å². The quantitative estimate of drug-likeness (QED) is 0.594. The minimum atomic E-state index is -0.536. The Bertz CT molecular complexity index is 447. The van der Waals surface area contributed by atoms with Crippen LogP contribution in [0.1, 0.15) is 26.3 Å². The topological polar surface area (TPSA) is 73.6 Å². The number of nitrogens with one attached hydrogen (secondary N) is 1. The van der Waals surface area contributed by atoms with E-state index < -0.39 is 6.10 Å². The molecule has 0 aliphatic heterocycles. The van der Waals surface area contributed by atoms with Crippen LogP contribution in [0.15, 0.2) is 18.2 Å². The summed E-state index contributed by atoms with van der Waals surface area (Å²) in [5, 5.41) is 2.82. The van der Waals surface area contributed by atoms with E-state index in [0.29, 0.717) is 24.6 Å². The number of rotatable bonds is 7. The minimum absolute atomic E-state index is 0.165. The second kappa shape index (κ2) is 7.87. The summed E-state index contributed by atoms with van der Waals surface area (Å²) < 4.78 is 10.8. The Morgan fingerprint density at radius 2 is 1.90 bits per heavy atom. The number of hydrogen-bond donors (Lipinski definition) is 2. The van der Waals surface area contributed by atoms with Crippen LogP contribution < -0.4 is 11.1 Å². The van der Waals surface area contributed by atoms with Crippen LogP contribution in [0.2, 0.25) is 0 Å². The van der Waals surface area contributed by atoms with Gasteiger partial charge in [0.25, 0.3) is 5.91 Å². The molecule has 0 aliphatic rings. The lowest BCUT2D eigenvalue weighted by Crippen LogP contribution is -2.29. The highest BCUT2D eigenvalue weighted by atomic mass is 16.5. The second-order valence-corrected chi connectivity index (χ2v) is 4.94. The molecule has 3 N–H and O–H groups in total. The maximum absolute atomic E-state index is 12.0. The van der Waals surface area contributed by atoms with E-state index in [-0.39, 0.29) is 12.0 Å². The lowest BCUT2D eigenvalue weighted by molar-refractivity contribution is -0.127. The molecule has 0 spiro atoms. The number of benzene rings is 1. The highest BCUT2D eigenvalue weighted by Gasteiger charge is 2.14. The molecule has 0 aliphatic carbocycles. The van der Waals surface area contributed by atoms with Crippen molar-refractivity contribution in [2.75, 3.05) is 24.3 Å². The number of nitrogens with two attached hydrogens (primary N) is 1. The maximum Gasteiger partial charge on any atom is 0.253 e. The molecule has 20 heavy (non-hydrogen) atoms. The van der Waals surface area contributed by atoms with Crippen molar-refractivity contribution in [1.82, 2.24) is 0 Å². The number of carbonyl (C=O) groups is 1. The van der Waals surface area contributed by atoms with Crippen LogP contribution in [-0.4, -0.2) is 31.3 Å². The molecule has 5 heteroatoms. The largest absolute Gasteiger partial charge is 0.398 e. The first-order valence-corrected chi connectivity index (χ1v) is 6.81. The maximum atomic E-state index is 12.0. The molecular weight excluding hydrogens is 256 g/mol. The van der Waals surface area contributed by atoms with Gasteiger partial charge in [-0.1, -0.05) is 6.07 Å². The standard InChI is InChI=1S/C15H24N2O3/c1-10(2)19-8-9-20-12(4)15(18)17-14-7-5-6-13(16)11(14)3/h5-7,10,12H,8-9,16H2,1-4H3,(H,17,18). The molecule has 1 aromatic carbocycles. The van der Waals surface area contributed by atoms with Crippen LogP contribution in [-0.2, 0) is 14.3 Å². The smallest absolute Gasteiger partial charge is 0.253 e. The molecule has 0 bridgehead atoms. The van der Waals surface area contributed by atoms with Gasteiger partial charge in [-0.05, 0) is 45.4 Å². The van der Waals surface area contributed by atoms with Gasteiger partial charge in [0.15, 0.2) is 0 Å². The van der Waals surface area contributed by atoms with Crippen molar-refractivity contribution < 1.29 is 14.3 Å². The summed E-state index contributed by atoms with van der Waals surface area (Å²) in [5.41, 5.74) is 8.02. The fourth-order valence-electron chi connectivity index (χ4n) is 1.61. The fraction of sp³-hybridized carbons (Fsp3) is 0.533. The van der Waals surface area contributed by atoms with Gasteiger partial charge in [0, 0.05) is 11.4 Å². The van der Waals surface area contributed by atoms with Gasteiger partial charge < -0.3 is 20.5 Å². The van der Waals surface area contributed by atoms with Gasteiger partial charge in [0.2, 0.25) is 0 Å². The van der Waals surface area contributed by atoms with Crippen molar-refractivity contribution in [2.24, 2.45) is 0 Å². The molecule has 0 radical (unpaired) electrons. The molecule has 112 valence electrons. The Morgan fingerprint density at radius 1 is 1.25 bits per heavy atom. The first-order valence-electron chi connectivity index (χ1n) is 6.81. The summed E-state index contributed by atoms with van der Waals surface area (Å²) in [6.45, 7) is 8.37. The van der Waals surface area contributed by atoms with Crippen LogP contribution in [0, 0.1) is 6.92 Å². The van der Waals surface area contributed by atoms with Crippen molar-refractivity contribution >= 4 is 17.3 Å². The Kier molecular flexibility index (Phi) is 6.48. The second-order valence-electron chi connectivity index (χ2n) is 4.94. The van der Waals surface area contributed by atoms with Crippen LogP contribution >= 0.6 is 0 Å². The first kappa shape index (κ1) is 16.5. The van der Waals surface area contributed by atoms with Crippen molar-refractivity contribution in [3.63, 3.8) is 0 Å². The summed E-state index contributed by atoms with van der Waals surface area (Å²) >= 11 is 0. The molecule has 0 saturated carbocycles. The van der Waals surface area contributed by atoms with E-state index in [0.717, 1.165) is 5.56 Å². The third-order valence-electron chi connectivity index (χ3n) is 2.91. The predicted octanol–water partition coefficient (Wildman–Crippen LogP) is 2.35. The lowest BCUT2D eigenvalue weighted by Gasteiger charge is -2.16. The van der Waals surface area contributed by atoms with E-state index in [2.05, 4.69) is 5.32 Å². The summed E-state index contributed by atoms with van der Waals surface area (Å²) in [7, 11) is 0. The van der Waals surface area contributed by atoms with Gasteiger partial charge in [0.1, 0.15) is 6.10 Å². The SMILES string of the molecule is Cc1c(N)cccc1NC(=O)C(C)OCCOC(C)C. The first-order chi connectivity index (χ1) is 9.41. The fourth-order valence-corrected chi connectivity index (χ4v) is 1.61. The van der Waals surface area contributed by atoms with E-state index in [1.165, 1.54) is 0 Å².